The first-order chi connectivity index (χ1) is 8.45. The molecule has 0 saturated carbocycles. The first-order valence-electron chi connectivity index (χ1n) is 5.26. The molecule has 0 saturated heterocycles. The highest BCUT2D eigenvalue weighted by atomic mass is 16.6. The second-order valence-corrected chi connectivity index (χ2v) is 3.84. The van der Waals surface area contributed by atoms with Gasteiger partial charge >= 0.3 is 5.69 Å². The number of likely N-dealkylation sites (N-methyl/N-ethyl adjacent to an activating group) is 1. The standard InChI is InChI=1S/C11H15N3O4/c1-13(2)11(15)7-18-10-4-3-8(6-12)5-9(10)14(16)17/h3-5H,6-7,12H2,1-2H3. The van der Waals surface area contributed by atoms with Gasteiger partial charge in [0.2, 0.25) is 0 Å². The van der Waals surface area contributed by atoms with Crippen LogP contribution < -0.4 is 10.5 Å². The van der Waals surface area contributed by atoms with Gasteiger partial charge in [0.25, 0.3) is 5.91 Å². The van der Waals surface area contributed by atoms with Crippen LogP contribution in [0.5, 0.6) is 5.75 Å². The predicted octanol–water partition coefficient (Wildman–Crippen LogP) is 0.521. The molecule has 0 fully saturated rings. The van der Waals surface area contributed by atoms with E-state index in [2.05, 4.69) is 0 Å². The van der Waals surface area contributed by atoms with Crippen molar-refractivity contribution in [1.29, 1.82) is 0 Å². The molecule has 0 radical (unpaired) electrons. The molecule has 18 heavy (non-hydrogen) atoms. The molecule has 0 aliphatic rings. The summed E-state index contributed by atoms with van der Waals surface area (Å²) in [5.74, 6) is -0.209. The van der Waals surface area contributed by atoms with Crippen LogP contribution in [0.2, 0.25) is 0 Å². The summed E-state index contributed by atoms with van der Waals surface area (Å²) in [5, 5.41) is 10.9. The van der Waals surface area contributed by atoms with Crippen LogP contribution in [0.25, 0.3) is 0 Å². The van der Waals surface area contributed by atoms with Crippen LogP contribution in [0.1, 0.15) is 5.56 Å². The molecule has 0 aromatic heterocycles. The van der Waals surface area contributed by atoms with E-state index in [4.69, 9.17) is 10.5 Å². The Morgan fingerprint density at radius 2 is 2.17 bits per heavy atom. The molecule has 0 aliphatic carbocycles. The van der Waals surface area contributed by atoms with E-state index in [0.29, 0.717) is 5.56 Å². The maximum absolute atomic E-state index is 11.3. The molecule has 1 aromatic carbocycles. The third-order valence-corrected chi connectivity index (χ3v) is 2.31. The largest absolute Gasteiger partial charge is 0.477 e. The summed E-state index contributed by atoms with van der Waals surface area (Å²) >= 11 is 0. The predicted molar refractivity (Wildman–Crippen MR) is 65.2 cm³/mol. The second kappa shape index (κ2) is 5.97. The van der Waals surface area contributed by atoms with Crippen LogP contribution in [0.3, 0.4) is 0 Å². The van der Waals surface area contributed by atoms with Crippen molar-refractivity contribution >= 4 is 11.6 Å². The fraction of sp³-hybridized carbons (Fsp3) is 0.364. The first-order valence-corrected chi connectivity index (χ1v) is 5.26. The van der Waals surface area contributed by atoms with E-state index in [9.17, 15) is 14.9 Å². The van der Waals surface area contributed by atoms with E-state index in [1.165, 1.54) is 17.0 Å². The maximum atomic E-state index is 11.3. The smallest absolute Gasteiger partial charge is 0.311 e. The first kappa shape index (κ1) is 13.9. The number of carbonyl (C=O) groups excluding carboxylic acids is 1. The summed E-state index contributed by atoms with van der Waals surface area (Å²) in [7, 11) is 3.16. The minimum atomic E-state index is -0.561. The zero-order valence-corrected chi connectivity index (χ0v) is 10.3. The summed E-state index contributed by atoms with van der Waals surface area (Å²) in [5.41, 5.74) is 5.85. The minimum Gasteiger partial charge on any atom is -0.477 e. The Morgan fingerprint density at radius 3 is 2.67 bits per heavy atom. The lowest BCUT2D eigenvalue weighted by Gasteiger charge is -2.11. The van der Waals surface area contributed by atoms with E-state index in [1.54, 1.807) is 20.2 Å². The molecule has 7 nitrogen and oxygen atoms in total. The van der Waals surface area contributed by atoms with Crippen molar-refractivity contribution in [3.63, 3.8) is 0 Å². The van der Waals surface area contributed by atoms with Crippen LogP contribution in [-0.2, 0) is 11.3 Å². The SMILES string of the molecule is CN(C)C(=O)COc1ccc(CN)cc1[N+](=O)[O-]. The normalized spacial score (nSPS) is 9.94. The second-order valence-electron chi connectivity index (χ2n) is 3.84. The number of benzene rings is 1. The fourth-order valence-electron chi connectivity index (χ4n) is 1.22. The van der Waals surface area contributed by atoms with Crippen molar-refractivity contribution in [3.8, 4) is 5.75 Å². The van der Waals surface area contributed by atoms with Gasteiger partial charge in [0.05, 0.1) is 4.92 Å². The number of hydrogen-bond acceptors (Lipinski definition) is 5. The highest BCUT2D eigenvalue weighted by Gasteiger charge is 2.17. The van der Waals surface area contributed by atoms with Gasteiger partial charge in [0, 0.05) is 26.7 Å². The van der Waals surface area contributed by atoms with E-state index < -0.39 is 4.92 Å². The molecule has 1 rings (SSSR count). The van der Waals surface area contributed by atoms with Crippen molar-refractivity contribution in [2.75, 3.05) is 20.7 Å². The molecule has 0 aliphatic heterocycles. The van der Waals surface area contributed by atoms with Crippen molar-refractivity contribution in [1.82, 2.24) is 4.90 Å². The lowest BCUT2D eigenvalue weighted by atomic mass is 10.2. The van der Waals surface area contributed by atoms with E-state index >= 15 is 0 Å². The van der Waals surface area contributed by atoms with Crippen molar-refractivity contribution < 1.29 is 14.5 Å². The lowest BCUT2D eigenvalue weighted by Crippen LogP contribution is -2.27. The Bertz CT molecular complexity index is 460. The number of rotatable bonds is 5. The van der Waals surface area contributed by atoms with Gasteiger partial charge in [0.1, 0.15) is 0 Å². The van der Waals surface area contributed by atoms with Gasteiger partial charge in [-0.3, -0.25) is 14.9 Å². The van der Waals surface area contributed by atoms with Crippen molar-refractivity contribution in [2.24, 2.45) is 5.73 Å². The number of ether oxygens (including phenoxy) is 1. The molecule has 0 heterocycles. The lowest BCUT2D eigenvalue weighted by molar-refractivity contribution is -0.385. The summed E-state index contributed by atoms with van der Waals surface area (Å²) in [6, 6.07) is 4.42. The Balaban J connectivity index is 2.88. The summed E-state index contributed by atoms with van der Waals surface area (Å²) in [4.78, 5) is 23.0. The minimum absolute atomic E-state index is 0.0624. The zero-order chi connectivity index (χ0) is 13.7. The molecule has 7 heteroatoms. The quantitative estimate of drug-likeness (QED) is 0.609. The third kappa shape index (κ3) is 3.42. The third-order valence-electron chi connectivity index (χ3n) is 2.31. The molecule has 0 bridgehead atoms. The average molecular weight is 253 g/mol. The summed E-state index contributed by atoms with van der Waals surface area (Å²) in [6.07, 6.45) is 0. The number of nitro benzene ring substituents is 1. The van der Waals surface area contributed by atoms with Gasteiger partial charge in [-0.1, -0.05) is 6.07 Å². The summed E-state index contributed by atoms with van der Waals surface area (Å²) in [6.45, 7) is -0.0342. The van der Waals surface area contributed by atoms with Gasteiger partial charge in [-0.25, -0.2) is 0 Å². The van der Waals surface area contributed by atoms with Crippen molar-refractivity contribution in [2.45, 2.75) is 6.54 Å². The van der Waals surface area contributed by atoms with Gasteiger partial charge < -0.3 is 15.4 Å². The number of hydrogen-bond donors (Lipinski definition) is 1. The van der Waals surface area contributed by atoms with Gasteiger partial charge in [0.15, 0.2) is 12.4 Å². The maximum Gasteiger partial charge on any atom is 0.311 e. The van der Waals surface area contributed by atoms with E-state index in [0.717, 1.165) is 0 Å². The Kier molecular flexibility index (Phi) is 4.61. The molecule has 98 valence electrons. The van der Waals surface area contributed by atoms with E-state index in [-0.39, 0.29) is 30.5 Å². The molecule has 0 atom stereocenters. The van der Waals surface area contributed by atoms with Gasteiger partial charge in [-0.05, 0) is 11.6 Å². The molecule has 0 unspecified atom stereocenters. The van der Waals surface area contributed by atoms with E-state index in [1.807, 2.05) is 0 Å². The van der Waals surface area contributed by atoms with Crippen LogP contribution >= 0.6 is 0 Å². The number of nitro groups is 1. The molecular weight excluding hydrogens is 238 g/mol. The number of carbonyl (C=O) groups is 1. The van der Waals surface area contributed by atoms with Crippen LogP contribution in [0.4, 0.5) is 5.69 Å². The summed E-state index contributed by atoms with van der Waals surface area (Å²) < 4.78 is 5.15. The topological polar surface area (TPSA) is 98.7 Å². The Morgan fingerprint density at radius 1 is 1.50 bits per heavy atom. The molecular formula is C11H15N3O4. The highest BCUT2D eigenvalue weighted by Crippen LogP contribution is 2.27. The molecule has 1 amide bonds. The molecule has 0 spiro atoms. The fourth-order valence-corrected chi connectivity index (χ4v) is 1.22. The van der Waals surface area contributed by atoms with Crippen LogP contribution in [0, 0.1) is 10.1 Å². The average Bonchev–Trinajstić information content (AvgIpc) is 2.35. The molecule has 2 N–H and O–H groups in total. The number of nitrogens with two attached hydrogens (primary N) is 1. The highest BCUT2D eigenvalue weighted by molar-refractivity contribution is 5.77. The zero-order valence-electron chi connectivity index (χ0n) is 10.3. The van der Waals surface area contributed by atoms with Gasteiger partial charge in [-0.15, -0.1) is 0 Å². The molecule has 1 aromatic rings. The Labute approximate surface area is 104 Å². The van der Waals surface area contributed by atoms with Crippen LogP contribution in [0.15, 0.2) is 18.2 Å². The van der Waals surface area contributed by atoms with Crippen LogP contribution in [-0.4, -0.2) is 36.4 Å². The number of nitrogens with zero attached hydrogens (tertiary/aromatic N) is 2. The monoisotopic (exact) mass is 253 g/mol. The van der Waals surface area contributed by atoms with Gasteiger partial charge in [-0.2, -0.15) is 0 Å². The Hall–Kier alpha value is -2.15. The van der Waals surface area contributed by atoms with Crippen molar-refractivity contribution in [3.05, 3.63) is 33.9 Å². The number of amides is 1.